The van der Waals surface area contributed by atoms with Gasteiger partial charge in [-0.1, -0.05) is 41.0 Å². The van der Waals surface area contributed by atoms with Crippen molar-refractivity contribution in [1.82, 2.24) is 9.80 Å². The van der Waals surface area contributed by atoms with Gasteiger partial charge < -0.3 is 4.90 Å². The molecule has 2 aromatic carbocycles. The van der Waals surface area contributed by atoms with E-state index in [-0.39, 0.29) is 0 Å². The molecule has 15 heteroatoms. The monoisotopic (exact) mass is 602 g/mol. The van der Waals surface area contributed by atoms with Gasteiger partial charge in [-0.15, -0.1) is 0 Å². The largest absolute Gasteiger partial charge is 0.397 e. The fourth-order valence-electron chi connectivity index (χ4n) is 3.58. The van der Waals surface area contributed by atoms with Crippen LogP contribution in [0.1, 0.15) is 17.2 Å². The predicted molar refractivity (Wildman–Crippen MR) is 140 cm³/mol. The Morgan fingerprint density at radius 1 is 0.861 bits per heavy atom. The summed E-state index contributed by atoms with van der Waals surface area (Å²) in [6, 6.07) is 13.0. The third kappa shape index (κ3) is 10.4. The van der Waals surface area contributed by atoms with Crippen molar-refractivity contribution in [3.8, 4) is 0 Å². The number of piperazine rings is 1. The Hall–Kier alpha value is -0.970. The Morgan fingerprint density at radius 2 is 1.36 bits per heavy atom. The van der Waals surface area contributed by atoms with Crippen molar-refractivity contribution in [2.75, 3.05) is 47.4 Å². The van der Waals surface area contributed by atoms with E-state index in [1.165, 1.54) is 20.9 Å². The van der Waals surface area contributed by atoms with E-state index >= 15 is 0 Å². The molecule has 2 aliphatic rings. The first kappa shape index (κ1) is 31.2. The van der Waals surface area contributed by atoms with Crippen molar-refractivity contribution in [2.45, 2.75) is 22.3 Å². The van der Waals surface area contributed by atoms with E-state index in [1.54, 1.807) is 0 Å². The predicted octanol–water partition coefficient (Wildman–Crippen LogP) is 3.86. The minimum Gasteiger partial charge on any atom is -0.304 e. The molecule has 2 aromatic rings. The van der Waals surface area contributed by atoms with E-state index in [9.17, 15) is 16.8 Å². The molecule has 4 rings (SSSR count). The lowest BCUT2D eigenvalue weighted by atomic mass is 9.96. The molecule has 0 radical (unpaired) electrons. The van der Waals surface area contributed by atoms with Crippen LogP contribution in [0, 0.1) is 0 Å². The first-order chi connectivity index (χ1) is 16.7. The molecule has 0 aromatic heterocycles. The SMILES string of the molecule is CN1CCN(C2Cc3cc(Cl)ccc3Sc3cc(Cl)ccc32)CC1.COS(=O)(=O)O.COS(=O)(=O)O. The minimum absolute atomic E-state index is 0.387. The Bertz CT molecular complexity index is 1210. The maximum absolute atomic E-state index is 9.33. The summed E-state index contributed by atoms with van der Waals surface area (Å²) in [6.45, 7) is 4.44. The highest BCUT2D eigenvalue weighted by molar-refractivity contribution is 7.99. The van der Waals surface area contributed by atoms with Crippen LogP contribution in [0.4, 0.5) is 0 Å². The van der Waals surface area contributed by atoms with Crippen LogP contribution in [0.25, 0.3) is 0 Å². The van der Waals surface area contributed by atoms with Gasteiger partial charge >= 0.3 is 20.8 Å². The number of hydrogen-bond acceptors (Lipinski definition) is 9. The van der Waals surface area contributed by atoms with Gasteiger partial charge in [0.2, 0.25) is 0 Å². The highest BCUT2D eigenvalue weighted by Crippen LogP contribution is 2.44. The zero-order valence-electron chi connectivity index (χ0n) is 19.8. The number of rotatable bonds is 3. The number of hydrogen-bond donors (Lipinski definition) is 2. The van der Waals surface area contributed by atoms with Crippen LogP contribution in [0.15, 0.2) is 46.2 Å². The Labute approximate surface area is 226 Å². The maximum atomic E-state index is 9.33. The van der Waals surface area contributed by atoms with Crippen LogP contribution < -0.4 is 0 Å². The summed E-state index contributed by atoms with van der Waals surface area (Å²) in [5, 5.41) is 1.62. The number of likely N-dealkylation sites (N-methyl/N-ethyl adjacent to an activating group) is 1. The molecule has 0 aliphatic carbocycles. The van der Waals surface area contributed by atoms with Crippen molar-refractivity contribution in [3.05, 3.63) is 57.6 Å². The molecule has 0 spiro atoms. The summed E-state index contributed by atoms with van der Waals surface area (Å²) in [5.74, 6) is 0. The summed E-state index contributed by atoms with van der Waals surface area (Å²) >= 11 is 14.4. The standard InChI is InChI=1S/C19H20Cl2N2S.2CH4O4S/c1-22-6-8-23(9-7-22)17-11-13-10-14(20)3-5-18(13)24-19-12-15(21)2-4-16(17)19;2*1-5-6(2,3)4/h2-5,10,12,17H,6-9,11H2,1H3;2*1H3,(H,2,3,4). The Balaban J connectivity index is 0.000000319. The van der Waals surface area contributed by atoms with Crippen LogP contribution in [-0.4, -0.2) is 83.2 Å². The van der Waals surface area contributed by atoms with Crippen molar-refractivity contribution in [3.63, 3.8) is 0 Å². The maximum Gasteiger partial charge on any atom is 0.397 e. The number of fused-ring (bicyclic) bond motifs is 2. The third-order valence-electron chi connectivity index (χ3n) is 5.39. The molecule has 1 atom stereocenters. The lowest BCUT2D eigenvalue weighted by Gasteiger charge is -2.38. The molecular formula is C21H28Cl2N2O8S3. The van der Waals surface area contributed by atoms with Gasteiger partial charge in [0.25, 0.3) is 0 Å². The van der Waals surface area contributed by atoms with Crippen molar-refractivity contribution < 1.29 is 34.3 Å². The third-order valence-corrected chi connectivity index (χ3v) is 7.89. The van der Waals surface area contributed by atoms with Gasteiger partial charge in [0.1, 0.15) is 0 Å². The lowest BCUT2D eigenvalue weighted by Crippen LogP contribution is -2.46. The average Bonchev–Trinajstić information content (AvgIpc) is 2.95. The fourth-order valence-corrected chi connectivity index (χ4v) is 5.16. The summed E-state index contributed by atoms with van der Waals surface area (Å²) < 4.78 is 59.4. The zero-order valence-corrected chi connectivity index (χ0v) is 23.8. The minimum atomic E-state index is -4.16. The molecule has 202 valence electrons. The highest BCUT2D eigenvalue weighted by atomic mass is 35.5. The number of halogens is 2. The highest BCUT2D eigenvalue weighted by Gasteiger charge is 2.29. The molecular weight excluding hydrogens is 575 g/mol. The number of nitrogens with zero attached hydrogens (tertiary/aromatic N) is 2. The van der Waals surface area contributed by atoms with Gasteiger partial charge in [-0.25, -0.2) is 0 Å². The molecule has 0 amide bonds. The van der Waals surface area contributed by atoms with Crippen molar-refractivity contribution in [1.29, 1.82) is 0 Å². The summed E-state index contributed by atoms with van der Waals surface area (Å²) in [4.78, 5) is 7.57. The topological polar surface area (TPSA) is 134 Å². The smallest absolute Gasteiger partial charge is 0.304 e. The molecule has 1 unspecified atom stereocenters. The molecule has 1 fully saturated rings. The molecule has 2 heterocycles. The van der Waals surface area contributed by atoms with Gasteiger partial charge in [0.05, 0.1) is 14.2 Å². The molecule has 2 aliphatic heterocycles. The molecule has 36 heavy (non-hydrogen) atoms. The van der Waals surface area contributed by atoms with Gasteiger partial charge in [-0.05, 0) is 54.9 Å². The molecule has 10 nitrogen and oxygen atoms in total. The summed E-state index contributed by atoms with van der Waals surface area (Å²) in [5.41, 5.74) is 2.73. The second-order valence-electron chi connectivity index (χ2n) is 7.78. The van der Waals surface area contributed by atoms with E-state index < -0.39 is 20.8 Å². The molecule has 1 saturated heterocycles. The van der Waals surface area contributed by atoms with E-state index in [0.29, 0.717) is 6.04 Å². The molecule has 0 bridgehead atoms. The van der Waals surface area contributed by atoms with Crippen molar-refractivity contribution >= 4 is 55.8 Å². The quantitative estimate of drug-likeness (QED) is 0.496. The summed E-state index contributed by atoms with van der Waals surface area (Å²) in [6.07, 6.45) is 1.00. The summed E-state index contributed by atoms with van der Waals surface area (Å²) in [7, 11) is -4.39. The molecule has 0 saturated carbocycles. The normalized spacial score (nSPS) is 18.5. The Kier molecular flexibility index (Phi) is 11.9. The van der Waals surface area contributed by atoms with Crippen LogP contribution in [0.5, 0.6) is 0 Å². The van der Waals surface area contributed by atoms with E-state index in [0.717, 1.165) is 56.9 Å². The second kappa shape index (κ2) is 13.7. The van der Waals surface area contributed by atoms with E-state index in [1.807, 2.05) is 23.9 Å². The van der Waals surface area contributed by atoms with E-state index in [4.69, 9.17) is 32.3 Å². The lowest BCUT2D eigenvalue weighted by molar-refractivity contribution is 0.110. The van der Waals surface area contributed by atoms with Crippen LogP contribution >= 0.6 is 35.0 Å². The van der Waals surface area contributed by atoms with E-state index in [2.05, 4.69) is 49.5 Å². The fraction of sp³-hybridized carbons (Fsp3) is 0.429. The number of benzene rings is 2. The van der Waals surface area contributed by atoms with Crippen LogP contribution in [0.2, 0.25) is 10.0 Å². The van der Waals surface area contributed by atoms with Gasteiger partial charge in [0.15, 0.2) is 0 Å². The zero-order chi connectivity index (χ0) is 27.1. The first-order valence-corrected chi connectivity index (χ1v) is 14.8. The van der Waals surface area contributed by atoms with Gasteiger partial charge in [-0.2, -0.15) is 16.8 Å². The van der Waals surface area contributed by atoms with Gasteiger partial charge in [-0.3, -0.25) is 22.4 Å². The Morgan fingerprint density at radius 3 is 1.89 bits per heavy atom. The van der Waals surface area contributed by atoms with Crippen LogP contribution in [0.3, 0.4) is 0 Å². The second-order valence-corrected chi connectivity index (χ2v) is 12.1. The van der Waals surface area contributed by atoms with Crippen molar-refractivity contribution in [2.24, 2.45) is 0 Å². The van der Waals surface area contributed by atoms with Gasteiger partial charge in [0, 0.05) is 52.1 Å². The average molecular weight is 604 g/mol. The first-order valence-electron chi connectivity index (χ1n) is 10.5. The molecule has 2 N–H and O–H groups in total. The van der Waals surface area contributed by atoms with Crippen LogP contribution in [-0.2, 0) is 35.6 Å².